The van der Waals surface area contributed by atoms with Gasteiger partial charge in [0.05, 0.1) is 4.92 Å². The van der Waals surface area contributed by atoms with Gasteiger partial charge in [-0.25, -0.2) is 4.98 Å². The summed E-state index contributed by atoms with van der Waals surface area (Å²) in [7, 11) is 0. The molecule has 0 unspecified atom stereocenters. The zero-order chi connectivity index (χ0) is 19.5. The van der Waals surface area contributed by atoms with Crippen LogP contribution in [-0.2, 0) is 0 Å². The van der Waals surface area contributed by atoms with Crippen molar-refractivity contribution in [3.63, 3.8) is 0 Å². The molecule has 2 aromatic carbocycles. The SMILES string of the molecule is O=[N+]([O-])c1c(Nc2ccc(I)cc2)ncnc1Oc1cccc2cccnc12. The molecule has 1 N–H and O–H groups in total. The van der Waals surface area contributed by atoms with Crippen LogP contribution in [0.15, 0.2) is 67.1 Å². The Labute approximate surface area is 172 Å². The van der Waals surface area contributed by atoms with Gasteiger partial charge in [0.15, 0.2) is 5.75 Å². The van der Waals surface area contributed by atoms with Crippen LogP contribution in [-0.4, -0.2) is 19.9 Å². The van der Waals surface area contributed by atoms with Crippen molar-refractivity contribution in [2.75, 3.05) is 5.32 Å². The minimum Gasteiger partial charge on any atom is -0.431 e. The third-order valence-corrected chi connectivity index (χ3v) is 4.60. The predicted molar refractivity (Wildman–Crippen MR) is 113 cm³/mol. The van der Waals surface area contributed by atoms with Gasteiger partial charge in [-0.3, -0.25) is 15.1 Å². The molecule has 0 aliphatic carbocycles. The van der Waals surface area contributed by atoms with Crippen molar-refractivity contribution in [3.8, 4) is 11.6 Å². The van der Waals surface area contributed by atoms with E-state index >= 15 is 0 Å². The maximum atomic E-state index is 11.7. The van der Waals surface area contributed by atoms with Crippen molar-refractivity contribution in [1.82, 2.24) is 15.0 Å². The Kier molecular flexibility index (Phi) is 4.98. The quantitative estimate of drug-likeness (QED) is 0.239. The summed E-state index contributed by atoms with van der Waals surface area (Å²) < 4.78 is 6.83. The lowest BCUT2D eigenvalue weighted by Gasteiger charge is -2.10. The zero-order valence-electron chi connectivity index (χ0n) is 14.2. The van der Waals surface area contributed by atoms with Crippen molar-refractivity contribution in [1.29, 1.82) is 0 Å². The topological polar surface area (TPSA) is 103 Å². The van der Waals surface area contributed by atoms with E-state index in [0.29, 0.717) is 17.0 Å². The van der Waals surface area contributed by atoms with Gasteiger partial charge in [-0.05, 0) is 59.0 Å². The Morgan fingerprint density at radius 3 is 2.57 bits per heavy atom. The van der Waals surface area contributed by atoms with Gasteiger partial charge in [-0.15, -0.1) is 0 Å². The van der Waals surface area contributed by atoms with Gasteiger partial charge in [0.1, 0.15) is 11.8 Å². The molecule has 0 aliphatic rings. The molecule has 2 aromatic heterocycles. The van der Waals surface area contributed by atoms with Gasteiger partial charge in [-0.2, -0.15) is 4.98 Å². The molecule has 138 valence electrons. The van der Waals surface area contributed by atoms with E-state index in [9.17, 15) is 10.1 Å². The van der Waals surface area contributed by atoms with Gasteiger partial charge in [0.2, 0.25) is 5.82 Å². The number of rotatable bonds is 5. The summed E-state index contributed by atoms with van der Waals surface area (Å²) in [6.07, 6.45) is 2.85. The number of aromatic nitrogens is 3. The fraction of sp³-hybridized carbons (Fsp3) is 0. The normalized spacial score (nSPS) is 10.6. The van der Waals surface area contributed by atoms with Crippen molar-refractivity contribution < 1.29 is 9.66 Å². The zero-order valence-corrected chi connectivity index (χ0v) is 16.4. The Morgan fingerprint density at radius 2 is 1.79 bits per heavy atom. The molecule has 0 atom stereocenters. The monoisotopic (exact) mass is 485 g/mol. The van der Waals surface area contributed by atoms with Gasteiger partial charge in [0, 0.05) is 20.8 Å². The van der Waals surface area contributed by atoms with Crippen molar-refractivity contribution in [2.45, 2.75) is 0 Å². The Morgan fingerprint density at radius 1 is 1.00 bits per heavy atom. The first kappa shape index (κ1) is 18.0. The molecule has 0 radical (unpaired) electrons. The van der Waals surface area contributed by atoms with Gasteiger partial charge in [0.25, 0.3) is 0 Å². The van der Waals surface area contributed by atoms with Crippen LogP contribution in [0.1, 0.15) is 0 Å². The average molecular weight is 485 g/mol. The summed E-state index contributed by atoms with van der Waals surface area (Å²) in [5.74, 6) is 0.260. The molecule has 4 aromatic rings. The number of hydrogen-bond donors (Lipinski definition) is 1. The molecule has 0 bridgehead atoms. The summed E-state index contributed by atoms with van der Waals surface area (Å²) in [5, 5.41) is 15.5. The van der Waals surface area contributed by atoms with E-state index < -0.39 is 4.92 Å². The van der Waals surface area contributed by atoms with Gasteiger partial charge < -0.3 is 10.1 Å². The second kappa shape index (κ2) is 7.72. The second-order valence-corrected chi connectivity index (χ2v) is 6.94. The highest BCUT2D eigenvalue weighted by atomic mass is 127. The summed E-state index contributed by atoms with van der Waals surface area (Å²) in [4.78, 5) is 23.5. The van der Waals surface area contributed by atoms with E-state index in [1.54, 1.807) is 18.3 Å². The maximum Gasteiger partial charge on any atom is 0.373 e. The van der Waals surface area contributed by atoms with Crippen LogP contribution >= 0.6 is 22.6 Å². The van der Waals surface area contributed by atoms with Crippen LogP contribution in [0, 0.1) is 13.7 Å². The Hall–Kier alpha value is -3.34. The smallest absolute Gasteiger partial charge is 0.373 e. The fourth-order valence-corrected chi connectivity index (χ4v) is 2.99. The molecule has 0 amide bonds. The Bertz CT molecular complexity index is 1160. The van der Waals surface area contributed by atoms with Crippen LogP contribution in [0.5, 0.6) is 11.6 Å². The highest BCUT2D eigenvalue weighted by molar-refractivity contribution is 14.1. The van der Waals surface area contributed by atoms with Crippen LogP contribution in [0.25, 0.3) is 10.9 Å². The van der Waals surface area contributed by atoms with Crippen molar-refractivity contribution in [2.24, 2.45) is 0 Å². The molecule has 0 saturated carbocycles. The van der Waals surface area contributed by atoms with Crippen LogP contribution in [0.3, 0.4) is 0 Å². The minimum atomic E-state index is -0.567. The maximum absolute atomic E-state index is 11.7. The first-order valence-corrected chi connectivity index (χ1v) is 9.23. The van der Waals surface area contributed by atoms with Crippen molar-refractivity contribution in [3.05, 3.63) is 80.8 Å². The largest absolute Gasteiger partial charge is 0.431 e. The van der Waals surface area contributed by atoms with Crippen LogP contribution in [0.4, 0.5) is 17.2 Å². The lowest BCUT2D eigenvalue weighted by Crippen LogP contribution is -2.03. The number of halogens is 1. The van der Waals surface area contributed by atoms with E-state index in [4.69, 9.17) is 4.74 Å². The lowest BCUT2D eigenvalue weighted by molar-refractivity contribution is -0.385. The third kappa shape index (κ3) is 3.69. The Balaban J connectivity index is 1.74. The number of fused-ring (bicyclic) bond motifs is 1. The molecule has 0 fully saturated rings. The number of para-hydroxylation sites is 1. The minimum absolute atomic E-state index is 0.0457. The number of pyridine rings is 1. The molecule has 4 rings (SSSR count). The van der Waals surface area contributed by atoms with Gasteiger partial charge >= 0.3 is 11.6 Å². The number of nitro groups is 1. The molecule has 28 heavy (non-hydrogen) atoms. The lowest BCUT2D eigenvalue weighted by atomic mass is 10.2. The molecule has 0 saturated heterocycles. The first-order chi connectivity index (χ1) is 13.6. The van der Waals surface area contributed by atoms with E-state index in [1.807, 2.05) is 42.5 Å². The number of hydrogen-bond acceptors (Lipinski definition) is 7. The third-order valence-electron chi connectivity index (χ3n) is 3.88. The molecule has 8 nitrogen and oxygen atoms in total. The molecular formula is C19H12IN5O3. The first-order valence-electron chi connectivity index (χ1n) is 8.15. The van der Waals surface area contributed by atoms with Crippen LogP contribution in [0.2, 0.25) is 0 Å². The van der Waals surface area contributed by atoms with E-state index in [2.05, 4.69) is 42.9 Å². The number of nitrogens with zero attached hydrogens (tertiary/aromatic N) is 4. The molecule has 9 heteroatoms. The second-order valence-electron chi connectivity index (χ2n) is 5.70. The average Bonchev–Trinajstić information content (AvgIpc) is 2.70. The highest BCUT2D eigenvalue weighted by Crippen LogP contribution is 2.37. The molecule has 2 heterocycles. The fourth-order valence-electron chi connectivity index (χ4n) is 2.63. The van der Waals surface area contributed by atoms with E-state index in [-0.39, 0.29) is 17.4 Å². The summed E-state index contributed by atoms with van der Waals surface area (Å²) in [6, 6.07) is 16.4. The highest BCUT2D eigenvalue weighted by Gasteiger charge is 2.25. The summed E-state index contributed by atoms with van der Waals surface area (Å²) >= 11 is 2.18. The number of benzene rings is 2. The van der Waals surface area contributed by atoms with E-state index in [1.165, 1.54) is 6.33 Å². The van der Waals surface area contributed by atoms with Crippen molar-refractivity contribution >= 4 is 50.7 Å². The number of ether oxygens (including phenoxy) is 1. The summed E-state index contributed by atoms with van der Waals surface area (Å²) in [6.45, 7) is 0. The van der Waals surface area contributed by atoms with Gasteiger partial charge in [-0.1, -0.05) is 18.2 Å². The standard InChI is InChI=1S/C19H12IN5O3/c20-13-6-8-14(9-7-13)24-18-17(25(26)27)19(23-11-22-18)28-15-5-1-3-12-4-2-10-21-16(12)15/h1-11H,(H,22,23,24). The molecule has 0 aliphatic heterocycles. The number of nitrogens with one attached hydrogen (secondary N) is 1. The molecule has 0 spiro atoms. The molecular weight excluding hydrogens is 473 g/mol. The predicted octanol–water partition coefficient (Wildman–Crippen LogP) is 5.07. The van der Waals surface area contributed by atoms with E-state index in [0.717, 1.165) is 8.96 Å². The number of anilines is 2. The van der Waals surface area contributed by atoms with Crippen LogP contribution < -0.4 is 10.1 Å². The summed E-state index contributed by atoms with van der Waals surface area (Å²) in [5.41, 5.74) is 0.902.